The van der Waals surface area contributed by atoms with E-state index < -0.39 is 0 Å². The number of benzene rings is 1. The second-order valence-corrected chi connectivity index (χ2v) is 4.24. The summed E-state index contributed by atoms with van der Waals surface area (Å²) < 4.78 is 0. The van der Waals surface area contributed by atoms with Gasteiger partial charge in [-0.25, -0.2) is 0 Å². The molecule has 2 nitrogen and oxygen atoms in total. The number of allylic oxidation sites excluding steroid dienone is 2. The van der Waals surface area contributed by atoms with Crippen molar-refractivity contribution in [2.24, 2.45) is 0 Å². The number of halogens is 1. The molecular formula is C13H11ClO2. The van der Waals surface area contributed by atoms with Gasteiger partial charge in [-0.15, -0.1) is 0 Å². The molecule has 0 heterocycles. The zero-order valence-electron chi connectivity index (χ0n) is 8.92. The normalized spacial score (nSPS) is 14.8. The largest absolute Gasteiger partial charge is 0.289 e. The molecule has 0 atom stereocenters. The second kappa shape index (κ2) is 4.22. The molecule has 1 aliphatic carbocycles. The van der Waals surface area contributed by atoms with Gasteiger partial charge in [0.1, 0.15) is 0 Å². The highest BCUT2D eigenvalue weighted by molar-refractivity contribution is 6.32. The standard InChI is InChI=1S/C13H11ClO2/c1-2-3-8-6-12(15)11-7-9(14)4-5-10(11)13(8)16/h4-7H,2-3H2,1H3. The summed E-state index contributed by atoms with van der Waals surface area (Å²) in [5, 5.41) is 0.479. The van der Waals surface area contributed by atoms with Gasteiger partial charge in [0.2, 0.25) is 0 Å². The minimum Gasteiger partial charge on any atom is -0.289 e. The Morgan fingerprint density at radius 3 is 2.62 bits per heavy atom. The zero-order valence-corrected chi connectivity index (χ0v) is 9.67. The number of hydrogen-bond donors (Lipinski definition) is 0. The molecule has 16 heavy (non-hydrogen) atoms. The smallest absolute Gasteiger partial charge is 0.189 e. The molecule has 0 spiro atoms. The van der Waals surface area contributed by atoms with Crippen LogP contribution in [-0.2, 0) is 0 Å². The van der Waals surface area contributed by atoms with Gasteiger partial charge < -0.3 is 0 Å². The van der Waals surface area contributed by atoms with Gasteiger partial charge in [0.05, 0.1) is 0 Å². The number of carbonyl (C=O) groups is 2. The Hall–Kier alpha value is -1.41. The number of hydrogen-bond acceptors (Lipinski definition) is 2. The molecular weight excluding hydrogens is 224 g/mol. The van der Waals surface area contributed by atoms with E-state index >= 15 is 0 Å². The average Bonchev–Trinajstić information content (AvgIpc) is 2.26. The molecule has 0 amide bonds. The lowest BCUT2D eigenvalue weighted by Gasteiger charge is -2.14. The van der Waals surface area contributed by atoms with Gasteiger partial charge in [0.25, 0.3) is 0 Å². The lowest BCUT2D eigenvalue weighted by atomic mass is 9.88. The van der Waals surface area contributed by atoms with Crippen LogP contribution in [0.25, 0.3) is 0 Å². The topological polar surface area (TPSA) is 34.1 Å². The molecule has 0 saturated carbocycles. The summed E-state index contributed by atoms with van der Waals surface area (Å²) in [5.74, 6) is -0.173. The molecule has 0 aromatic heterocycles. The fraction of sp³-hybridized carbons (Fsp3) is 0.231. The zero-order chi connectivity index (χ0) is 11.7. The third-order valence-corrected chi connectivity index (χ3v) is 2.84. The number of ketones is 2. The Bertz CT molecular complexity index is 501. The molecule has 0 unspecified atom stereocenters. The molecule has 0 N–H and O–H groups in total. The van der Waals surface area contributed by atoms with Crippen molar-refractivity contribution >= 4 is 23.2 Å². The van der Waals surface area contributed by atoms with Crippen molar-refractivity contribution in [2.75, 3.05) is 0 Å². The van der Waals surface area contributed by atoms with Gasteiger partial charge in [-0.05, 0) is 30.7 Å². The van der Waals surface area contributed by atoms with Crippen LogP contribution in [0.15, 0.2) is 29.8 Å². The highest BCUT2D eigenvalue weighted by Crippen LogP contribution is 2.26. The predicted molar refractivity (Wildman–Crippen MR) is 63.1 cm³/mol. The van der Waals surface area contributed by atoms with Crippen molar-refractivity contribution in [3.63, 3.8) is 0 Å². The first-order valence-electron chi connectivity index (χ1n) is 5.22. The van der Waals surface area contributed by atoms with Crippen LogP contribution >= 0.6 is 11.6 Å². The summed E-state index contributed by atoms with van der Waals surface area (Å²) in [4.78, 5) is 23.8. The molecule has 0 aliphatic heterocycles. The van der Waals surface area contributed by atoms with Gasteiger partial charge in [-0.2, -0.15) is 0 Å². The Morgan fingerprint density at radius 1 is 1.19 bits per heavy atom. The lowest BCUT2D eigenvalue weighted by Crippen LogP contribution is -2.16. The monoisotopic (exact) mass is 234 g/mol. The highest BCUT2D eigenvalue weighted by atomic mass is 35.5. The Kier molecular flexibility index (Phi) is 2.92. The Morgan fingerprint density at radius 2 is 1.94 bits per heavy atom. The van der Waals surface area contributed by atoms with E-state index in [4.69, 9.17) is 11.6 Å². The molecule has 82 valence electrons. The van der Waals surface area contributed by atoms with Gasteiger partial charge in [0.15, 0.2) is 11.6 Å². The molecule has 2 rings (SSSR count). The van der Waals surface area contributed by atoms with E-state index in [1.165, 1.54) is 6.08 Å². The van der Waals surface area contributed by atoms with Crippen LogP contribution in [0.4, 0.5) is 0 Å². The minimum atomic E-state index is -0.124. The molecule has 0 radical (unpaired) electrons. The summed E-state index contributed by atoms with van der Waals surface area (Å²) in [6, 6.07) is 4.82. The molecule has 1 aromatic carbocycles. The van der Waals surface area contributed by atoms with E-state index in [0.717, 1.165) is 6.42 Å². The average molecular weight is 235 g/mol. The maximum Gasteiger partial charge on any atom is 0.189 e. The van der Waals surface area contributed by atoms with Crippen molar-refractivity contribution in [1.29, 1.82) is 0 Å². The number of carbonyl (C=O) groups excluding carboxylic acids is 2. The van der Waals surface area contributed by atoms with Crippen molar-refractivity contribution in [3.05, 3.63) is 46.0 Å². The molecule has 0 saturated heterocycles. The van der Waals surface area contributed by atoms with Crippen LogP contribution in [0, 0.1) is 0 Å². The van der Waals surface area contributed by atoms with E-state index in [-0.39, 0.29) is 11.6 Å². The van der Waals surface area contributed by atoms with Gasteiger partial charge in [-0.1, -0.05) is 24.9 Å². The first-order chi connectivity index (χ1) is 7.63. The van der Waals surface area contributed by atoms with E-state index in [2.05, 4.69) is 0 Å². The Labute approximate surface area is 98.9 Å². The third-order valence-electron chi connectivity index (χ3n) is 2.61. The van der Waals surface area contributed by atoms with Crippen molar-refractivity contribution < 1.29 is 9.59 Å². The number of Topliss-reactive ketones (excluding diaryl/α,β-unsaturated/α-hetero) is 1. The first kappa shape index (κ1) is 11.1. The molecule has 0 bridgehead atoms. The van der Waals surface area contributed by atoms with E-state index in [1.807, 2.05) is 6.92 Å². The van der Waals surface area contributed by atoms with E-state index in [0.29, 0.717) is 28.1 Å². The third kappa shape index (κ3) is 1.81. The molecule has 3 heteroatoms. The highest BCUT2D eigenvalue weighted by Gasteiger charge is 2.24. The summed E-state index contributed by atoms with van der Waals surface area (Å²) in [6.07, 6.45) is 2.94. The maximum absolute atomic E-state index is 12.0. The summed E-state index contributed by atoms with van der Waals surface area (Å²) in [7, 11) is 0. The van der Waals surface area contributed by atoms with Crippen LogP contribution in [0.2, 0.25) is 5.02 Å². The SMILES string of the molecule is CCCC1=CC(=O)c2cc(Cl)ccc2C1=O. The molecule has 1 aromatic rings. The van der Waals surface area contributed by atoms with Crippen LogP contribution in [-0.4, -0.2) is 11.6 Å². The fourth-order valence-electron chi connectivity index (χ4n) is 1.85. The van der Waals surface area contributed by atoms with Crippen LogP contribution in [0.1, 0.15) is 40.5 Å². The molecule has 1 aliphatic rings. The Balaban J connectivity index is 2.51. The second-order valence-electron chi connectivity index (χ2n) is 3.80. The predicted octanol–water partition coefficient (Wildman–Crippen LogP) is 3.45. The minimum absolute atomic E-state index is 0.0480. The van der Waals surface area contributed by atoms with Crippen LogP contribution < -0.4 is 0 Å². The van der Waals surface area contributed by atoms with Gasteiger partial charge >= 0.3 is 0 Å². The van der Waals surface area contributed by atoms with Crippen molar-refractivity contribution in [3.8, 4) is 0 Å². The molecule has 0 fully saturated rings. The fourth-order valence-corrected chi connectivity index (χ4v) is 2.02. The van der Waals surface area contributed by atoms with Crippen LogP contribution in [0.5, 0.6) is 0 Å². The quantitative estimate of drug-likeness (QED) is 0.786. The summed E-state index contributed by atoms with van der Waals surface area (Å²) >= 11 is 5.80. The van der Waals surface area contributed by atoms with Gasteiger partial charge in [0, 0.05) is 21.7 Å². The first-order valence-corrected chi connectivity index (χ1v) is 5.60. The van der Waals surface area contributed by atoms with Crippen molar-refractivity contribution in [1.82, 2.24) is 0 Å². The van der Waals surface area contributed by atoms with Gasteiger partial charge in [-0.3, -0.25) is 9.59 Å². The summed E-state index contributed by atoms with van der Waals surface area (Å²) in [6.45, 7) is 1.98. The van der Waals surface area contributed by atoms with E-state index in [1.54, 1.807) is 18.2 Å². The summed E-state index contributed by atoms with van der Waals surface area (Å²) in [5.41, 5.74) is 1.49. The lowest BCUT2D eigenvalue weighted by molar-refractivity contribution is 0.0981. The maximum atomic E-state index is 12.0. The number of fused-ring (bicyclic) bond motifs is 1. The van der Waals surface area contributed by atoms with Crippen molar-refractivity contribution in [2.45, 2.75) is 19.8 Å². The van der Waals surface area contributed by atoms with Crippen LogP contribution in [0.3, 0.4) is 0 Å². The van der Waals surface area contributed by atoms with E-state index in [9.17, 15) is 9.59 Å². The number of rotatable bonds is 2.